The maximum Gasteiger partial charge on any atom is 3.00 e. The molecule has 0 rings (SSSR count). The van der Waals surface area contributed by atoms with Crippen LogP contribution in [0.4, 0.5) is 0 Å². The van der Waals surface area contributed by atoms with Crippen LogP contribution in [0.1, 0.15) is 0 Å². The Bertz CT molecular complexity index is 101. The summed E-state index contributed by atoms with van der Waals surface area (Å²) in [5.41, 5.74) is 5.75. The van der Waals surface area contributed by atoms with Crippen LogP contribution in [-0.2, 0) is 21.8 Å². The smallest absolute Gasteiger partial charge is 0.512 e. The molecule has 0 saturated carbocycles. The second kappa shape index (κ2) is 2460. The Morgan fingerprint density at radius 3 is 0.500 bits per heavy atom. The van der Waals surface area contributed by atoms with Crippen LogP contribution in [0.15, 0.2) is 0 Å². The van der Waals surface area contributed by atoms with E-state index in [2.05, 4.69) is 0 Å². The fourth-order valence-corrected chi connectivity index (χ4v) is 0. The van der Waals surface area contributed by atoms with E-state index in [9.17, 15) is 0 Å². The second-order valence-electron chi connectivity index (χ2n) is 0. The third kappa shape index (κ3) is 1880. The van der Waals surface area contributed by atoms with E-state index < -0.39 is 0 Å². The largest absolute Gasteiger partial charge is 3.00 e. The van der Waals surface area contributed by atoms with Crippen LogP contribution in [0.3, 0.4) is 0 Å². The van der Waals surface area contributed by atoms with Crippen LogP contribution < -0.4 is 0 Å². The van der Waals surface area contributed by atoms with Crippen molar-refractivity contribution in [1.29, 1.82) is 31.8 Å². The molecule has 0 aromatic carbocycles. The minimum absolute atomic E-state index is 0. The summed E-state index contributed by atoms with van der Waals surface area (Å²) in [4.78, 5) is 0. The Balaban J connectivity index is -0.00000000500. The molecule has 0 amide bonds. The van der Waals surface area contributed by atoms with E-state index >= 15 is 0 Å². The summed E-state index contributed by atoms with van der Waals surface area (Å²) in [5.74, 6) is 0. The molecule has 0 spiro atoms. The first-order valence-electron chi connectivity index (χ1n) is 1.30. The molecular weight excluding hydrogens is 353 g/mol. The molecule has 9 heteroatoms. The molecule has 0 heterocycles. The third-order valence-corrected chi connectivity index (χ3v) is 0. The van der Waals surface area contributed by atoms with E-state index in [4.69, 9.17) is 69.4 Å². The standard InChI is InChI=1S/5CN.Ba.Fe.NO/c5*1-2;;;1-2/q5*-1;+2;+3;+1. The van der Waals surface area contributed by atoms with Crippen molar-refractivity contribution < 1.29 is 21.8 Å². The molecule has 0 saturated heterocycles. The molecule has 0 aliphatic carbocycles. The van der Waals surface area contributed by atoms with Gasteiger partial charge in [0.15, 0.2) is 0 Å². The molecule has 7 nitrogen and oxygen atoms in total. The fraction of sp³-hybridized carbons (Fsp3) is 0. The maximum absolute atomic E-state index is 7.25. The SMILES string of the molecule is N#[O+].[Ba+2].[C-]#N.[C-]#N.[C-]#N.[C-]#N.[C-]#N.[Fe+3]. The Morgan fingerprint density at radius 1 is 0.500 bits per heavy atom. The average molecular weight is 353 g/mol. The maximum atomic E-state index is 7.25. The Kier molecular flexibility index (Phi) is 12800. The van der Waals surface area contributed by atoms with Crippen LogP contribution in [0, 0.1) is 64.6 Å². The molecule has 0 aromatic rings. The topological polar surface area (TPSA) is 163 Å². The van der Waals surface area contributed by atoms with Crippen molar-refractivity contribution in [3.05, 3.63) is 32.9 Å². The predicted molar refractivity (Wildman–Crippen MR) is 33.0 cm³/mol. The van der Waals surface area contributed by atoms with Gasteiger partial charge in [0.05, 0.1) is 0 Å². The van der Waals surface area contributed by atoms with Crippen molar-refractivity contribution in [1.82, 2.24) is 0 Å². The molecule has 14 heavy (non-hydrogen) atoms. The van der Waals surface area contributed by atoms with Crippen LogP contribution in [-0.4, -0.2) is 48.9 Å². The van der Waals surface area contributed by atoms with Gasteiger partial charge < -0.3 is 59.2 Å². The van der Waals surface area contributed by atoms with E-state index in [1.54, 1.807) is 0 Å². The summed E-state index contributed by atoms with van der Waals surface area (Å²) < 4.78 is 7.25. The molecule has 0 bridgehead atoms. The van der Waals surface area contributed by atoms with Gasteiger partial charge in [-0.1, -0.05) is 0 Å². The summed E-state index contributed by atoms with van der Waals surface area (Å²) >= 11 is 0. The molecule has 0 fully saturated rings. The zero-order valence-electron chi connectivity index (χ0n) is 6.65. The quantitative estimate of drug-likeness (QED) is 0.338. The van der Waals surface area contributed by atoms with E-state index in [1.165, 1.54) is 0 Å². The first-order valence-corrected chi connectivity index (χ1v) is 1.30. The van der Waals surface area contributed by atoms with Gasteiger partial charge in [0.2, 0.25) is 0 Å². The zero-order chi connectivity index (χ0) is 12.0. The van der Waals surface area contributed by atoms with Gasteiger partial charge in [0.25, 0.3) is 0 Å². The van der Waals surface area contributed by atoms with Gasteiger partial charge in [-0.3, -0.25) is 0 Å². The van der Waals surface area contributed by atoms with Crippen molar-refractivity contribution in [2.45, 2.75) is 0 Å². The van der Waals surface area contributed by atoms with Crippen LogP contribution in [0.2, 0.25) is 0 Å². The molecule has 1 radical (unpaired) electrons. The first kappa shape index (κ1) is 72.5. The molecule has 0 aliphatic rings. The van der Waals surface area contributed by atoms with E-state index in [0.29, 0.717) is 0 Å². The molecule has 0 aliphatic heterocycles. The van der Waals surface area contributed by atoms with Crippen LogP contribution in [0.5, 0.6) is 0 Å². The average Bonchev–Trinajstić information content (AvgIpc) is 2.33. The predicted octanol–water partition coefficient (Wildman–Crippen LogP) is -0.00517. The van der Waals surface area contributed by atoms with E-state index in [1.807, 2.05) is 0 Å². The Hall–Kier alpha value is -0.789. The van der Waals surface area contributed by atoms with Crippen molar-refractivity contribution in [2.75, 3.05) is 0 Å². The molecular formula is C5BaFeN6O+. The van der Waals surface area contributed by atoms with Gasteiger partial charge in [-0.05, 0) is 0 Å². The number of rotatable bonds is 0. The van der Waals surface area contributed by atoms with Gasteiger partial charge in [0.1, 0.15) is 0 Å². The van der Waals surface area contributed by atoms with Crippen molar-refractivity contribution >= 4 is 48.9 Å². The molecule has 0 atom stereocenters. The van der Waals surface area contributed by atoms with Gasteiger partial charge in [-0.15, -0.1) is 0 Å². The fourth-order valence-electron chi connectivity index (χ4n) is 0. The summed E-state index contributed by atoms with van der Waals surface area (Å²) in [7, 11) is 0. The van der Waals surface area contributed by atoms with Gasteiger partial charge >= 0.3 is 76.2 Å². The van der Waals surface area contributed by atoms with E-state index in [-0.39, 0.29) is 65.9 Å². The van der Waals surface area contributed by atoms with Crippen LogP contribution in [0.25, 0.3) is 0 Å². The van der Waals surface area contributed by atoms with Gasteiger partial charge in [-0.2, -0.15) is 0 Å². The van der Waals surface area contributed by atoms with Crippen molar-refractivity contribution in [3.8, 4) is 0 Å². The van der Waals surface area contributed by atoms with Gasteiger partial charge in [-0.25, -0.2) is 0 Å². The zero-order valence-corrected chi connectivity index (χ0v) is 12.2. The summed E-state index contributed by atoms with van der Waals surface area (Å²) in [6.07, 6.45) is 0. The summed E-state index contributed by atoms with van der Waals surface area (Å²) in [5, 5.41) is 31.2. The van der Waals surface area contributed by atoms with E-state index in [0.717, 1.165) is 0 Å². The number of hydrogen-bond donors (Lipinski definition) is 0. The number of hydrogen-bond acceptors (Lipinski definition) is 6. The second-order valence-corrected chi connectivity index (χ2v) is 0. The minimum Gasteiger partial charge on any atom is -0.512 e. The minimum atomic E-state index is 0. The van der Waals surface area contributed by atoms with Crippen LogP contribution >= 0.6 is 0 Å². The molecule has 0 N–H and O–H groups in total. The van der Waals surface area contributed by atoms with Crippen molar-refractivity contribution in [2.24, 2.45) is 0 Å². The number of nitrogens with zero attached hydrogens (tertiary/aromatic N) is 6. The van der Waals surface area contributed by atoms with Gasteiger partial charge in [0, 0.05) is 0 Å². The monoisotopic (exact) mass is 354 g/mol. The molecule has 0 aromatic heterocycles. The Labute approximate surface area is 134 Å². The molecule has 0 unspecified atom stereocenters. The molecule has 65 valence electrons. The summed E-state index contributed by atoms with van der Waals surface area (Å²) in [6, 6.07) is 0. The Morgan fingerprint density at radius 2 is 0.500 bits per heavy atom. The normalized spacial score (nSPS) is 0.857. The summed E-state index contributed by atoms with van der Waals surface area (Å²) in [6.45, 7) is 23.8. The first-order chi connectivity index (χ1) is 6.00. The van der Waals surface area contributed by atoms with Crippen molar-refractivity contribution in [3.63, 3.8) is 0 Å². The third-order valence-electron chi connectivity index (χ3n) is 0.